The van der Waals surface area contributed by atoms with Crippen LogP contribution in [0.2, 0.25) is 0 Å². The van der Waals surface area contributed by atoms with Crippen molar-refractivity contribution >= 4 is 16.0 Å². The van der Waals surface area contributed by atoms with E-state index in [0.29, 0.717) is 18.5 Å². The van der Waals surface area contributed by atoms with E-state index in [1.165, 1.54) is 25.5 Å². The molecule has 3 rings (SSSR count). The summed E-state index contributed by atoms with van der Waals surface area (Å²) >= 11 is 0. The topological polar surface area (TPSA) is 85.8 Å². The molecule has 7 nitrogen and oxygen atoms in total. The van der Waals surface area contributed by atoms with Crippen LogP contribution < -0.4 is 15.4 Å². The number of rotatable bonds is 8. The van der Waals surface area contributed by atoms with Crippen molar-refractivity contribution in [2.24, 2.45) is 4.99 Å². The van der Waals surface area contributed by atoms with Crippen LogP contribution in [0.4, 0.5) is 0 Å². The predicted molar refractivity (Wildman–Crippen MR) is 121 cm³/mol. The second-order valence-electron chi connectivity index (χ2n) is 7.41. The third-order valence-corrected chi connectivity index (χ3v) is 6.81. The number of benzene rings is 2. The van der Waals surface area contributed by atoms with Crippen molar-refractivity contribution in [3.63, 3.8) is 0 Å². The summed E-state index contributed by atoms with van der Waals surface area (Å²) in [5.74, 6) is 0.712. The van der Waals surface area contributed by atoms with Gasteiger partial charge in [0.2, 0.25) is 10.0 Å². The Morgan fingerprint density at radius 3 is 2.60 bits per heavy atom. The summed E-state index contributed by atoms with van der Waals surface area (Å²) < 4.78 is 26.3. The van der Waals surface area contributed by atoms with Gasteiger partial charge in [-0.25, -0.2) is 13.1 Å². The monoisotopic (exact) mass is 429 g/mol. The zero-order valence-corrected chi connectivity index (χ0v) is 18.5. The van der Waals surface area contributed by atoms with Crippen LogP contribution in [-0.2, 0) is 23.1 Å². The van der Waals surface area contributed by atoms with Crippen LogP contribution in [0, 0.1) is 0 Å². The molecule has 2 aromatic rings. The molecule has 1 saturated heterocycles. The highest BCUT2D eigenvalue weighted by atomic mass is 32.2. The molecule has 0 amide bonds. The van der Waals surface area contributed by atoms with Gasteiger partial charge in [-0.3, -0.25) is 9.89 Å². The number of nitrogens with zero attached hydrogens (tertiary/aromatic N) is 2. The standard InChI is InChI=1S/C22H31N5O2S/c1-23-22(25-15-19-10-6-12-21(14-19)30(28,29)24-2)26-16-20-11-7-13-27(20)17-18-8-4-3-5-9-18/h3-6,8-10,12,14,20,24H,7,11,13,15-17H2,1-2H3,(H2,23,25,26). The molecular weight excluding hydrogens is 398 g/mol. The Hall–Kier alpha value is -2.42. The van der Waals surface area contributed by atoms with Crippen LogP contribution >= 0.6 is 0 Å². The minimum Gasteiger partial charge on any atom is -0.355 e. The highest BCUT2D eigenvalue weighted by molar-refractivity contribution is 7.89. The third-order valence-electron chi connectivity index (χ3n) is 5.39. The first-order valence-electron chi connectivity index (χ1n) is 10.3. The molecule has 0 bridgehead atoms. The molecule has 1 unspecified atom stereocenters. The SMILES string of the molecule is CN=C(NCc1cccc(S(=O)(=O)NC)c1)NCC1CCCN1Cc1ccccc1. The fraction of sp³-hybridized carbons (Fsp3) is 0.409. The van der Waals surface area contributed by atoms with Crippen molar-refractivity contribution in [2.75, 3.05) is 27.2 Å². The maximum atomic E-state index is 12.0. The maximum absolute atomic E-state index is 12.0. The van der Waals surface area contributed by atoms with Gasteiger partial charge in [-0.15, -0.1) is 0 Å². The lowest BCUT2D eigenvalue weighted by molar-refractivity contribution is 0.245. The van der Waals surface area contributed by atoms with Gasteiger partial charge in [-0.2, -0.15) is 0 Å². The molecule has 1 fully saturated rings. The molecule has 0 saturated carbocycles. The van der Waals surface area contributed by atoms with Gasteiger partial charge in [0.1, 0.15) is 0 Å². The molecule has 30 heavy (non-hydrogen) atoms. The van der Waals surface area contributed by atoms with Gasteiger partial charge < -0.3 is 10.6 Å². The number of nitrogens with one attached hydrogen (secondary N) is 3. The first kappa shape index (κ1) is 22.3. The van der Waals surface area contributed by atoms with Crippen LogP contribution in [0.3, 0.4) is 0 Å². The van der Waals surface area contributed by atoms with Crippen LogP contribution in [0.25, 0.3) is 0 Å². The summed E-state index contributed by atoms with van der Waals surface area (Å²) in [6.45, 7) is 3.39. The molecule has 1 atom stereocenters. The second kappa shape index (κ2) is 10.6. The maximum Gasteiger partial charge on any atom is 0.240 e. The van der Waals surface area contributed by atoms with E-state index in [-0.39, 0.29) is 4.90 Å². The average Bonchev–Trinajstić information content (AvgIpc) is 3.21. The van der Waals surface area contributed by atoms with Crippen LogP contribution in [-0.4, -0.2) is 52.5 Å². The highest BCUT2D eigenvalue weighted by Gasteiger charge is 2.24. The number of aliphatic imine (C=N–C) groups is 1. The van der Waals surface area contributed by atoms with Crippen molar-refractivity contribution in [1.82, 2.24) is 20.3 Å². The molecule has 162 valence electrons. The van der Waals surface area contributed by atoms with Crippen LogP contribution in [0.15, 0.2) is 64.5 Å². The molecule has 2 aromatic carbocycles. The van der Waals surface area contributed by atoms with E-state index >= 15 is 0 Å². The third kappa shape index (κ3) is 6.04. The Labute approximate surface area is 179 Å². The number of likely N-dealkylation sites (tertiary alicyclic amines) is 1. The normalized spacial score (nSPS) is 17.8. The van der Waals surface area contributed by atoms with Crippen molar-refractivity contribution in [1.29, 1.82) is 0 Å². The fourth-order valence-corrected chi connectivity index (χ4v) is 4.51. The summed E-state index contributed by atoms with van der Waals surface area (Å²) in [4.78, 5) is 7.08. The van der Waals surface area contributed by atoms with Crippen molar-refractivity contribution in [2.45, 2.75) is 36.9 Å². The largest absolute Gasteiger partial charge is 0.355 e. The summed E-state index contributed by atoms with van der Waals surface area (Å²) in [7, 11) is -0.291. The lowest BCUT2D eigenvalue weighted by Crippen LogP contribution is -2.44. The quantitative estimate of drug-likeness (QED) is 0.441. The molecule has 1 aliphatic heterocycles. The molecule has 8 heteroatoms. The van der Waals surface area contributed by atoms with E-state index in [1.807, 2.05) is 12.1 Å². The Bertz CT molecular complexity index is 947. The van der Waals surface area contributed by atoms with Gasteiger partial charge in [0.05, 0.1) is 4.90 Å². The Balaban J connectivity index is 1.52. The van der Waals surface area contributed by atoms with Gasteiger partial charge in [-0.05, 0) is 49.7 Å². The van der Waals surface area contributed by atoms with E-state index in [1.54, 1.807) is 25.2 Å². The van der Waals surface area contributed by atoms with Gasteiger partial charge in [0, 0.05) is 32.7 Å². The van der Waals surface area contributed by atoms with Crippen LogP contribution in [0.1, 0.15) is 24.0 Å². The lowest BCUT2D eigenvalue weighted by atomic mass is 10.2. The van der Waals surface area contributed by atoms with Crippen molar-refractivity contribution < 1.29 is 8.42 Å². The van der Waals surface area contributed by atoms with Gasteiger partial charge in [-0.1, -0.05) is 42.5 Å². The van der Waals surface area contributed by atoms with Gasteiger partial charge in [0.25, 0.3) is 0 Å². The summed E-state index contributed by atoms with van der Waals surface area (Å²) in [6, 6.07) is 17.9. The number of hydrogen-bond donors (Lipinski definition) is 3. The molecule has 3 N–H and O–H groups in total. The Morgan fingerprint density at radius 2 is 1.87 bits per heavy atom. The Kier molecular flexibility index (Phi) is 7.84. The lowest BCUT2D eigenvalue weighted by Gasteiger charge is -2.25. The predicted octanol–water partition coefficient (Wildman–Crippen LogP) is 1.92. The van der Waals surface area contributed by atoms with E-state index in [4.69, 9.17) is 0 Å². The van der Waals surface area contributed by atoms with Crippen LogP contribution in [0.5, 0.6) is 0 Å². The zero-order valence-electron chi connectivity index (χ0n) is 17.6. The van der Waals surface area contributed by atoms with E-state index in [2.05, 4.69) is 49.5 Å². The fourth-order valence-electron chi connectivity index (χ4n) is 3.71. The second-order valence-corrected chi connectivity index (χ2v) is 9.30. The first-order valence-corrected chi connectivity index (χ1v) is 11.7. The minimum absolute atomic E-state index is 0.259. The van der Waals surface area contributed by atoms with E-state index in [9.17, 15) is 8.42 Å². The molecule has 1 heterocycles. The molecule has 0 spiro atoms. The summed E-state index contributed by atoms with van der Waals surface area (Å²) in [5.41, 5.74) is 2.21. The minimum atomic E-state index is -3.45. The highest BCUT2D eigenvalue weighted by Crippen LogP contribution is 2.19. The number of hydrogen-bond acceptors (Lipinski definition) is 4. The molecule has 0 radical (unpaired) electrons. The summed E-state index contributed by atoms with van der Waals surface area (Å²) in [5, 5.41) is 6.70. The number of guanidine groups is 1. The molecule has 0 aromatic heterocycles. The summed E-state index contributed by atoms with van der Waals surface area (Å²) in [6.07, 6.45) is 2.37. The molecular formula is C22H31N5O2S. The Morgan fingerprint density at radius 1 is 1.10 bits per heavy atom. The van der Waals surface area contributed by atoms with Gasteiger partial charge >= 0.3 is 0 Å². The average molecular weight is 430 g/mol. The van der Waals surface area contributed by atoms with E-state index < -0.39 is 10.0 Å². The van der Waals surface area contributed by atoms with Gasteiger partial charge in [0.15, 0.2) is 5.96 Å². The van der Waals surface area contributed by atoms with E-state index in [0.717, 1.165) is 25.2 Å². The molecule has 0 aliphatic carbocycles. The molecule has 1 aliphatic rings. The van der Waals surface area contributed by atoms with Crippen molar-refractivity contribution in [3.05, 3.63) is 65.7 Å². The first-order chi connectivity index (χ1) is 14.5. The smallest absolute Gasteiger partial charge is 0.240 e. The van der Waals surface area contributed by atoms with Crippen molar-refractivity contribution in [3.8, 4) is 0 Å². The zero-order chi connectivity index (χ0) is 21.4. The number of sulfonamides is 1.